The third kappa shape index (κ3) is 5.54. The number of benzene rings is 2. The monoisotopic (exact) mass is 461 g/mol. The molecule has 33 heavy (non-hydrogen) atoms. The molecule has 0 amide bonds. The zero-order valence-corrected chi connectivity index (χ0v) is 19.0. The second-order valence-corrected chi connectivity index (χ2v) is 7.70. The number of rotatable bonds is 8. The second kappa shape index (κ2) is 10.4. The van der Waals surface area contributed by atoms with Crippen molar-refractivity contribution in [3.05, 3.63) is 76.6 Å². The van der Waals surface area contributed by atoms with Gasteiger partial charge < -0.3 is 24.6 Å². The highest BCUT2D eigenvalue weighted by Gasteiger charge is 2.32. The van der Waals surface area contributed by atoms with Crippen molar-refractivity contribution in [1.82, 2.24) is 0 Å². The summed E-state index contributed by atoms with van der Waals surface area (Å²) in [6, 6.07) is 8.43. The zero-order chi connectivity index (χ0) is 24.2. The molecule has 176 valence electrons. The first kappa shape index (κ1) is 24.7. The number of nitrogens with one attached hydrogen (secondary N) is 1. The molecule has 0 fully saturated rings. The lowest BCUT2D eigenvalue weighted by Crippen LogP contribution is -2.20. The minimum absolute atomic E-state index is 0.0943. The third-order valence-corrected chi connectivity index (χ3v) is 5.76. The van der Waals surface area contributed by atoms with Crippen LogP contribution in [-0.2, 0) is 15.7 Å². The molecule has 0 heterocycles. The van der Waals surface area contributed by atoms with Gasteiger partial charge in [0.15, 0.2) is 0 Å². The summed E-state index contributed by atoms with van der Waals surface area (Å²) in [5.74, 6) is 1.18. The van der Waals surface area contributed by atoms with Crippen molar-refractivity contribution in [2.24, 2.45) is 0 Å². The smallest absolute Gasteiger partial charge is 0.416 e. The van der Waals surface area contributed by atoms with Crippen LogP contribution in [0.25, 0.3) is 0 Å². The molecule has 1 aliphatic rings. The summed E-state index contributed by atoms with van der Waals surface area (Å²) in [6.07, 6.45) is -1.44. The maximum atomic E-state index is 13.4. The lowest BCUT2D eigenvalue weighted by molar-refractivity contribution is -0.137. The highest BCUT2D eigenvalue weighted by molar-refractivity contribution is 6.35. The van der Waals surface area contributed by atoms with E-state index in [9.17, 15) is 18.3 Å². The van der Waals surface area contributed by atoms with E-state index in [1.165, 1.54) is 13.2 Å². The van der Waals surface area contributed by atoms with Gasteiger partial charge in [0.1, 0.15) is 25.5 Å². The quantitative estimate of drug-likeness (QED) is 0.591. The van der Waals surface area contributed by atoms with E-state index >= 15 is 0 Å². The van der Waals surface area contributed by atoms with E-state index in [2.05, 4.69) is 5.32 Å². The summed E-state index contributed by atoms with van der Waals surface area (Å²) in [7, 11) is 6.42. The standard InChI is InChI=1S/C24H27BF3NO4/c1-31-16-9-7-14(21(12-16)33-3)13-29-19-10-8-15(24(26,27)28)11-18(19)23(30)17-5-4-6-20(32-2)22(17)25/h4-8,10-12,16,23,29-30H,9,13,25H2,1-3H3. The molecule has 2 unspecified atom stereocenters. The van der Waals surface area contributed by atoms with Gasteiger partial charge in [-0.05, 0) is 47.8 Å². The number of aliphatic hydroxyl groups excluding tert-OH is 1. The van der Waals surface area contributed by atoms with Gasteiger partial charge in [0.05, 0.1) is 25.9 Å². The van der Waals surface area contributed by atoms with Crippen LogP contribution in [0, 0.1) is 0 Å². The number of methoxy groups -OCH3 is 3. The molecule has 0 spiro atoms. The van der Waals surface area contributed by atoms with Crippen LogP contribution in [0.1, 0.15) is 29.2 Å². The Morgan fingerprint density at radius 1 is 1.12 bits per heavy atom. The van der Waals surface area contributed by atoms with E-state index in [1.807, 2.05) is 12.2 Å². The summed E-state index contributed by atoms with van der Waals surface area (Å²) < 4.78 is 56.4. The number of halogens is 3. The minimum atomic E-state index is -4.54. The zero-order valence-electron chi connectivity index (χ0n) is 19.0. The number of hydrogen-bond acceptors (Lipinski definition) is 5. The molecule has 9 heteroatoms. The maximum Gasteiger partial charge on any atom is 0.416 e. The van der Waals surface area contributed by atoms with Crippen molar-refractivity contribution in [3.63, 3.8) is 0 Å². The Morgan fingerprint density at radius 3 is 2.52 bits per heavy atom. The van der Waals surface area contributed by atoms with Crippen molar-refractivity contribution in [1.29, 1.82) is 0 Å². The number of ether oxygens (including phenoxy) is 3. The first-order valence-electron chi connectivity index (χ1n) is 10.4. The average molecular weight is 461 g/mol. The molecule has 2 aromatic carbocycles. The van der Waals surface area contributed by atoms with Crippen molar-refractivity contribution in [3.8, 4) is 5.75 Å². The van der Waals surface area contributed by atoms with Gasteiger partial charge in [-0.2, -0.15) is 13.2 Å². The van der Waals surface area contributed by atoms with E-state index in [0.29, 0.717) is 41.2 Å². The average Bonchev–Trinajstić information content (AvgIpc) is 2.81. The van der Waals surface area contributed by atoms with E-state index in [1.54, 1.807) is 40.3 Å². The largest absolute Gasteiger partial charge is 0.497 e. The van der Waals surface area contributed by atoms with E-state index < -0.39 is 17.8 Å². The van der Waals surface area contributed by atoms with E-state index in [-0.39, 0.29) is 11.7 Å². The first-order chi connectivity index (χ1) is 15.7. The molecule has 2 atom stereocenters. The Morgan fingerprint density at radius 2 is 1.88 bits per heavy atom. The molecular formula is C24H27BF3NO4. The van der Waals surface area contributed by atoms with Crippen LogP contribution in [0.15, 0.2) is 59.9 Å². The fourth-order valence-electron chi connectivity index (χ4n) is 3.86. The van der Waals surface area contributed by atoms with Crippen LogP contribution < -0.4 is 15.5 Å². The Bertz CT molecular complexity index is 1050. The number of alkyl halides is 3. The second-order valence-electron chi connectivity index (χ2n) is 7.70. The van der Waals surface area contributed by atoms with Gasteiger partial charge in [-0.3, -0.25) is 0 Å². The van der Waals surface area contributed by atoms with Crippen LogP contribution in [-0.4, -0.2) is 46.9 Å². The first-order valence-corrected chi connectivity index (χ1v) is 10.4. The van der Waals surface area contributed by atoms with Gasteiger partial charge in [-0.15, -0.1) is 0 Å². The fraction of sp³-hybridized carbons (Fsp3) is 0.333. The highest BCUT2D eigenvalue weighted by Crippen LogP contribution is 2.36. The van der Waals surface area contributed by atoms with E-state index in [0.717, 1.165) is 17.7 Å². The Labute approximate surface area is 192 Å². The molecule has 0 aromatic heterocycles. The molecule has 3 rings (SSSR count). The van der Waals surface area contributed by atoms with Gasteiger partial charge in [0.25, 0.3) is 0 Å². The molecule has 5 nitrogen and oxygen atoms in total. The third-order valence-electron chi connectivity index (χ3n) is 5.76. The van der Waals surface area contributed by atoms with Crippen molar-refractivity contribution in [2.75, 3.05) is 33.2 Å². The SMILES string of the molecule is Bc1c(OC)cccc1C(O)c1cc(C(F)(F)F)ccc1NCC1=CCC(OC)C=C1OC. The Balaban J connectivity index is 1.96. The van der Waals surface area contributed by atoms with Crippen LogP contribution in [0.4, 0.5) is 18.9 Å². The van der Waals surface area contributed by atoms with Gasteiger partial charge in [-0.25, -0.2) is 0 Å². The van der Waals surface area contributed by atoms with Gasteiger partial charge in [0.2, 0.25) is 0 Å². The summed E-state index contributed by atoms with van der Waals surface area (Å²) in [5, 5.41) is 14.3. The molecule has 2 aromatic rings. The topological polar surface area (TPSA) is 60.0 Å². The lowest BCUT2D eigenvalue weighted by atomic mass is 9.84. The van der Waals surface area contributed by atoms with Crippen molar-refractivity contribution >= 4 is 19.0 Å². The lowest BCUT2D eigenvalue weighted by Gasteiger charge is -2.24. The summed E-state index contributed by atoms with van der Waals surface area (Å²) in [4.78, 5) is 0. The molecule has 1 aliphatic carbocycles. The summed E-state index contributed by atoms with van der Waals surface area (Å²) in [6.45, 7) is 0.304. The van der Waals surface area contributed by atoms with Crippen LogP contribution in [0.5, 0.6) is 5.75 Å². The van der Waals surface area contributed by atoms with Gasteiger partial charge in [0, 0.05) is 30.5 Å². The van der Waals surface area contributed by atoms with E-state index in [4.69, 9.17) is 14.2 Å². The summed E-state index contributed by atoms with van der Waals surface area (Å²) in [5.41, 5.74) is 1.65. The molecule has 0 saturated heterocycles. The maximum absolute atomic E-state index is 13.4. The highest BCUT2D eigenvalue weighted by atomic mass is 19.4. The Kier molecular flexibility index (Phi) is 7.76. The molecule has 0 saturated carbocycles. The Hall–Kier alpha value is -2.91. The minimum Gasteiger partial charge on any atom is -0.497 e. The van der Waals surface area contributed by atoms with Crippen molar-refractivity contribution in [2.45, 2.75) is 24.8 Å². The number of anilines is 1. The van der Waals surface area contributed by atoms with Crippen molar-refractivity contribution < 1.29 is 32.5 Å². The molecular weight excluding hydrogens is 434 g/mol. The summed E-state index contributed by atoms with van der Waals surface area (Å²) >= 11 is 0. The number of aliphatic hydroxyl groups is 1. The van der Waals surface area contributed by atoms with Crippen LogP contribution in [0.2, 0.25) is 0 Å². The molecule has 0 radical (unpaired) electrons. The molecule has 0 aliphatic heterocycles. The van der Waals surface area contributed by atoms with Crippen LogP contribution in [0.3, 0.4) is 0 Å². The normalized spacial score (nSPS) is 17.1. The van der Waals surface area contributed by atoms with Gasteiger partial charge in [-0.1, -0.05) is 18.2 Å². The van der Waals surface area contributed by atoms with Crippen LogP contribution >= 0.6 is 0 Å². The molecule has 0 bridgehead atoms. The predicted molar refractivity (Wildman–Crippen MR) is 124 cm³/mol. The fourth-order valence-corrected chi connectivity index (χ4v) is 3.86. The number of hydrogen-bond donors (Lipinski definition) is 2. The predicted octanol–water partition coefficient (Wildman–Crippen LogP) is 3.34. The molecule has 2 N–H and O–H groups in total. The van der Waals surface area contributed by atoms with Gasteiger partial charge >= 0.3 is 6.18 Å².